The molecule has 2 N–H and O–H groups in total. The van der Waals surface area contributed by atoms with Gasteiger partial charge in [-0.3, -0.25) is 14.6 Å². The van der Waals surface area contributed by atoms with E-state index in [1.54, 1.807) is 55.5 Å². The second-order valence-corrected chi connectivity index (χ2v) is 6.03. The van der Waals surface area contributed by atoms with Crippen LogP contribution in [0.2, 0.25) is 0 Å². The standard InChI is InChI=1S/C21H18N4O4/c1-14-11-23-18(12-22-14)21(28)29-13-19(26)25-17-10-6-5-9-16(17)20(27)24-15-7-3-2-4-8-15/h2-12H,13H2,1H3,(H,24,27)(H,25,26). The molecule has 0 spiro atoms. The number of amides is 2. The molecule has 3 rings (SSSR count). The van der Waals surface area contributed by atoms with E-state index in [0.29, 0.717) is 17.1 Å². The van der Waals surface area contributed by atoms with Gasteiger partial charge in [-0.1, -0.05) is 30.3 Å². The SMILES string of the molecule is Cc1cnc(C(=O)OCC(=O)Nc2ccccc2C(=O)Nc2ccccc2)cn1. The Bertz CT molecular complexity index is 1020. The summed E-state index contributed by atoms with van der Waals surface area (Å²) in [6.45, 7) is 1.21. The third-order valence-electron chi connectivity index (χ3n) is 3.80. The third-order valence-corrected chi connectivity index (χ3v) is 3.80. The van der Waals surface area contributed by atoms with Gasteiger partial charge in [0.2, 0.25) is 0 Å². The Labute approximate surface area is 167 Å². The monoisotopic (exact) mass is 390 g/mol. The average Bonchev–Trinajstić information content (AvgIpc) is 2.73. The van der Waals surface area contributed by atoms with Gasteiger partial charge in [-0.05, 0) is 31.2 Å². The van der Waals surface area contributed by atoms with Crippen molar-refractivity contribution in [3.8, 4) is 0 Å². The van der Waals surface area contributed by atoms with Gasteiger partial charge < -0.3 is 15.4 Å². The molecule has 0 atom stereocenters. The number of nitrogens with one attached hydrogen (secondary N) is 2. The fourth-order valence-electron chi connectivity index (χ4n) is 2.40. The number of aryl methyl sites for hydroxylation is 1. The van der Waals surface area contributed by atoms with Crippen molar-refractivity contribution in [3.05, 3.63) is 83.9 Å². The molecule has 0 saturated heterocycles. The molecule has 0 aliphatic rings. The summed E-state index contributed by atoms with van der Waals surface area (Å²) in [5, 5.41) is 5.34. The van der Waals surface area contributed by atoms with Crippen molar-refractivity contribution in [2.75, 3.05) is 17.2 Å². The second-order valence-electron chi connectivity index (χ2n) is 6.03. The molecular formula is C21H18N4O4. The van der Waals surface area contributed by atoms with Crippen molar-refractivity contribution in [2.45, 2.75) is 6.92 Å². The van der Waals surface area contributed by atoms with Crippen LogP contribution in [0, 0.1) is 6.92 Å². The van der Waals surface area contributed by atoms with E-state index < -0.39 is 18.5 Å². The first-order valence-electron chi connectivity index (χ1n) is 8.74. The highest BCUT2D eigenvalue weighted by molar-refractivity contribution is 6.10. The van der Waals surface area contributed by atoms with Crippen LogP contribution in [0.5, 0.6) is 0 Å². The molecule has 2 aromatic carbocycles. The fourth-order valence-corrected chi connectivity index (χ4v) is 2.40. The van der Waals surface area contributed by atoms with Crippen LogP contribution in [0.4, 0.5) is 11.4 Å². The molecule has 1 heterocycles. The highest BCUT2D eigenvalue weighted by Gasteiger charge is 2.15. The van der Waals surface area contributed by atoms with Gasteiger partial charge in [0.25, 0.3) is 11.8 Å². The predicted octanol–water partition coefficient (Wildman–Crippen LogP) is 2.83. The van der Waals surface area contributed by atoms with Crippen LogP contribution in [0.3, 0.4) is 0 Å². The molecule has 1 aromatic heterocycles. The van der Waals surface area contributed by atoms with E-state index >= 15 is 0 Å². The summed E-state index contributed by atoms with van der Waals surface area (Å²) >= 11 is 0. The van der Waals surface area contributed by atoms with E-state index in [2.05, 4.69) is 20.6 Å². The van der Waals surface area contributed by atoms with Gasteiger partial charge in [-0.25, -0.2) is 9.78 Å². The number of carbonyl (C=O) groups is 3. The summed E-state index contributed by atoms with van der Waals surface area (Å²) in [4.78, 5) is 44.5. The number of carbonyl (C=O) groups excluding carboxylic acids is 3. The van der Waals surface area contributed by atoms with Crippen LogP contribution < -0.4 is 10.6 Å². The summed E-state index contributed by atoms with van der Waals surface area (Å²) in [5.74, 6) is -1.72. The predicted molar refractivity (Wildman–Crippen MR) is 107 cm³/mol. The normalized spacial score (nSPS) is 10.1. The lowest BCUT2D eigenvalue weighted by Crippen LogP contribution is -2.23. The first-order valence-corrected chi connectivity index (χ1v) is 8.74. The van der Waals surface area contributed by atoms with Crippen LogP contribution in [-0.4, -0.2) is 34.4 Å². The smallest absolute Gasteiger partial charge is 0.359 e. The molecule has 0 radical (unpaired) electrons. The van der Waals surface area contributed by atoms with Crippen LogP contribution in [0.25, 0.3) is 0 Å². The second kappa shape index (κ2) is 9.23. The molecular weight excluding hydrogens is 372 g/mol. The van der Waals surface area contributed by atoms with Crippen LogP contribution in [-0.2, 0) is 9.53 Å². The Hall–Kier alpha value is -4.07. The summed E-state index contributed by atoms with van der Waals surface area (Å²) < 4.78 is 4.94. The number of hydrogen-bond donors (Lipinski definition) is 2. The van der Waals surface area contributed by atoms with Gasteiger partial charge in [0.15, 0.2) is 12.3 Å². The first-order chi connectivity index (χ1) is 14.0. The van der Waals surface area contributed by atoms with Gasteiger partial charge in [0.05, 0.1) is 23.1 Å². The van der Waals surface area contributed by atoms with Crippen molar-refractivity contribution >= 4 is 29.2 Å². The third kappa shape index (κ3) is 5.46. The minimum atomic E-state index is -0.761. The lowest BCUT2D eigenvalue weighted by Gasteiger charge is -2.11. The van der Waals surface area contributed by atoms with Gasteiger partial charge in [0, 0.05) is 11.9 Å². The number of benzene rings is 2. The Morgan fingerprint density at radius 3 is 2.34 bits per heavy atom. The largest absolute Gasteiger partial charge is 0.451 e. The van der Waals surface area contributed by atoms with Gasteiger partial charge in [-0.15, -0.1) is 0 Å². The number of esters is 1. The molecule has 0 fully saturated rings. The van der Waals surface area contributed by atoms with Crippen molar-refractivity contribution in [1.29, 1.82) is 0 Å². The molecule has 0 bridgehead atoms. The summed E-state index contributed by atoms with van der Waals surface area (Å²) in [6, 6.07) is 15.5. The summed E-state index contributed by atoms with van der Waals surface area (Å²) in [7, 11) is 0. The highest BCUT2D eigenvalue weighted by atomic mass is 16.5. The molecule has 0 aliphatic carbocycles. The lowest BCUT2D eigenvalue weighted by atomic mass is 10.1. The van der Waals surface area contributed by atoms with Crippen LogP contribution >= 0.6 is 0 Å². The molecule has 146 valence electrons. The zero-order chi connectivity index (χ0) is 20.6. The topological polar surface area (TPSA) is 110 Å². The number of para-hydroxylation sites is 2. The molecule has 0 aliphatic heterocycles. The number of anilines is 2. The van der Waals surface area contributed by atoms with Crippen molar-refractivity contribution in [3.63, 3.8) is 0 Å². The number of ether oxygens (including phenoxy) is 1. The summed E-state index contributed by atoms with van der Waals surface area (Å²) in [6.07, 6.45) is 2.71. The van der Waals surface area contributed by atoms with E-state index in [-0.39, 0.29) is 17.2 Å². The highest BCUT2D eigenvalue weighted by Crippen LogP contribution is 2.17. The molecule has 8 nitrogen and oxygen atoms in total. The fraction of sp³-hybridized carbons (Fsp3) is 0.0952. The maximum atomic E-state index is 12.5. The number of rotatable bonds is 6. The number of hydrogen-bond acceptors (Lipinski definition) is 6. The van der Waals surface area contributed by atoms with Gasteiger partial charge in [0.1, 0.15) is 0 Å². The van der Waals surface area contributed by atoms with Crippen LogP contribution in [0.1, 0.15) is 26.5 Å². The van der Waals surface area contributed by atoms with Crippen LogP contribution in [0.15, 0.2) is 67.0 Å². The quantitative estimate of drug-likeness (QED) is 0.626. The Balaban J connectivity index is 1.61. The van der Waals surface area contributed by atoms with Crippen molar-refractivity contribution in [2.24, 2.45) is 0 Å². The van der Waals surface area contributed by atoms with Crippen molar-refractivity contribution in [1.82, 2.24) is 9.97 Å². The zero-order valence-electron chi connectivity index (χ0n) is 15.6. The summed E-state index contributed by atoms with van der Waals surface area (Å²) in [5.41, 5.74) is 1.88. The van der Waals surface area contributed by atoms with Gasteiger partial charge in [-0.2, -0.15) is 0 Å². The minimum absolute atomic E-state index is 0.00559. The lowest BCUT2D eigenvalue weighted by molar-refractivity contribution is -0.119. The van der Waals surface area contributed by atoms with E-state index in [4.69, 9.17) is 4.74 Å². The molecule has 3 aromatic rings. The Morgan fingerprint density at radius 1 is 0.897 bits per heavy atom. The molecule has 29 heavy (non-hydrogen) atoms. The number of aromatic nitrogens is 2. The van der Waals surface area contributed by atoms with E-state index in [9.17, 15) is 14.4 Å². The Kier molecular flexibility index (Phi) is 6.26. The van der Waals surface area contributed by atoms with Crippen molar-refractivity contribution < 1.29 is 19.1 Å². The average molecular weight is 390 g/mol. The van der Waals surface area contributed by atoms with E-state index in [0.717, 1.165) is 0 Å². The van der Waals surface area contributed by atoms with Gasteiger partial charge >= 0.3 is 5.97 Å². The molecule has 2 amide bonds. The zero-order valence-corrected chi connectivity index (χ0v) is 15.6. The van der Waals surface area contributed by atoms with E-state index in [1.807, 2.05) is 6.07 Å². The maximum absolute atomic E-state index is 12.5. The van der Waals surface area contributed by atoms with E-state index in [1.165, 1.54) is 12.4 Å². The maximum Gasteiger partial charge on any atom is 0.359 e. The molecule has 8 heteroatoms. The Morgan fingerprint density at radius 2 is 1.62 bits per heavy atom. The molecule has 0 saturated carbocycles. The first kappa shape index (κ1) is 19.7. The molecule has 0 unspecified atom stereocenters. The number of nitrogens with zero attached hydrogens (tertiary/aromatic N) is 2. The minimum Gasteiger partial charge on any atom is -0.451 e.